The van der Waals surface area contributed by atoms with E-state index in [4.69, 9.17) is 4.74 Å². The normalized spacial score (nSPS) is 11.5. The molecule has 0 unspecified atom stereocenters. The number of sulfonamides is 1. The van der Waals surface area contributed by atoms with Crippen molar-refractivity contribution in [3.63, 3.8) is 0 Å². The summed E-state index contributed by atoms with van der Waals surface area (Å²) in [4.78, 5) is 13.1. The van der Waals surface area contributed by atoms with Gasteiger partial charge in [-0.15, -0.1) is 0 Å². The van der Waals surface area contributed by atoms with Gasteiger partial charge in [0.1, 0.15) is 12.3 Å². The van der Waals surface area contributed by atoms with Crippen molar-refractivity contribution in [2.45, 2.75) is 32.6 Å². The van der Waals surface area contributed by atoms with Crippen LogP contribution in [-0.4, -0.2) is 38.3 Å². The fraction of sp³-hybridized carbons (Fsp3) is 0.200. The summed E-state index contributed by atoms with van der Waals surface area (Å²) < 4.78 is 36.8. The maximum absolute atomic E-state index is 13.6. The molecule has 10 heteroatoms. The van der Waals surface area contributed by atoms with Gasteiger partial charge in [0.25, 0.3) is 15.9 Å². The number of amides is 1. The van der Waals surface area contributed by atoms with Crippen LogP contribution in [0.3, 0.4) is 0 Å². The van der Waals surface area contributed by atoms with Crippen LogP contribution < -0.4 is 14.5 Å². The maximum Gasteiger partial charge on any atom is 0.264 e. The van der Waals surface area contributed by atoms with E-state index in [1.54, 1.807) is 42.6 Å². The van der Waals surface area contributed by atoms with Crippen molar-refractivity contribution >= 4 is 43.8 Å². The second-order valence-corrected chi connectivity index (χ2v) is 11.9. The van der Waals surface area contributed by atoms with E-state index in [0.717, 1.165) is 37.0 Å². The molecule has 40 heavy (non-hydrogen) atoms. The Balaban J connectivity index is 1.56. The van der Waals surface area contributed by atoms with Gasteiger partial charge in [-0.05, 0) is 98.2 Å². The predicted molar refractivity (Wildman–Crippen MR) is 162 cm³/mol. The zero-order chi connectivity index (χ0) is 28.9. The second kappa shape index (κ2) is 12.5. The number of ether oxygens (including phenoxy) is 1. The van der Waals surface area contributed by atoms with Crippen molar-refractivity contribution in [2.75, 3.05) is 17.5 Å². The van der Waals surface area contributed by atoms with Crippen molar-refractivity contribution in [3.05, 3.63) is 106 Å². The molecule has 0 saturated carbocycles. The molecule has 0 aliphatic carbocycles. The van der Waals surface area contributed by atoms with E-state index in [2.05, 4.69) is 31.0 Å². The molecule has 8 nitrogen and oxygen atoms in total. The van der Waals surface area contributed by atoms with Gasteiger partial charge in [0, 0.05) is 21.4 Å². The molecular weight excluding hydrogens is 592 g/mol. The van der Waals surface area contributed by atoms with Crippen molar-refractivity contribution in [2.24, 2.45) is 5.10 Å². The Kier molecular flexibility index (Phi) is 9.11. The van der Waals surface area contributed by atoms with Crippen LogP contribution in [-0.2, 0) is 14.8 Å². The zero-order valence-corrected chi connectivity index (χ0v) is 25.2. The summed E-state index contributed by atoms with van der Waals surface area (Å²) in [5.74, 6) is 0.0218. The third-order valence-corrected chi connectivity index (χ3v) is 8.75. The van der Waals surface area contributed by atoms with Gasteiger partial charge in [0.05, 0.1) is 29.1 Å². The van der Waals surface area contributed by atoms with Crippen molar-refractivity contribution in [1.82, 2.24) is 9.99 Å². The average molecular weight is 624 g/mol. The number of carbonyl (C=O) groups is 1. The number of para-hydroxylation sites is 1. The highest BCUT2D eigenvalue weighted by molar-refractivity contribution is 9.10. The van der Waals surface area contributed by atoms with Crippen molar-refractivity contribution in [1.29, 1.82) is 0 Å². The Labute approximate surface area is 243 Å². The summed E-state index contributed by atoms with van der Waals surface area (Å²) in [6, 6.07) is 23.0. The van der Waals surface area contributed by atoms with E-state index >= 15 is 0 Å². The number of anilines is 1. The number of benzene rings is 3. The summed E-state index contributed by atoms with van der Waals surface area (Å²) in [6.45, 7) is 7.73. The van der Waals surface area contributed by atoms with E-state index in [-0.39, 0.29) is 4.90 Å². The molecule has 0 aliphatic heterocycles. The lowest BCUT2D eigenvalue weighted by Gasteiger charge is -2.24. The summed E-state index contributed by atoms with van der Waals surface area (Å²) in [6.07, 6.45) is 1.56. The van der Waals surface area contributed by atoms with E-state index in [9.17, 15) is 13.2 Å². The number of nitrogens with one attached hydrogen (secondary N) is 1. The summed E-state index contributed by atoms with van der Waals surface area (Å²) in [5.41, 5.74) is 7.51. The lowest BCUT2D eigenvalue weighted by atomic mass is 10.2. The fourth-order valence-electron chi connectivity index (χ4n) is 4.29. The highest BCUT2D eigenvalue weighted by Gasteiger charge is 2.27. The molecule has 4 rings (SSSR count). The predicted octanol–water partition coefficient (Wildman–Crippen LogP) is 5.91. The molecule has 4 aromatic rings. The number of carbonyl (C=O) groups excluding carboxylic acids is 1. The smallest absolute Gasteiger partial charge is 0.264 e. The first-order chi connectivity index (χ1) is 19.1. The molecule has 0 aliphatic rings. The van der Waals surface area contributed by atoms with E-state index in [1.165, 1.54) is 12.1 Å². The maximum atomic E-state index is 13.6. The molecule has 0 radical (unpaired) electrons. The van der Waals surface area contributed by atoms with Crippen LogP contribution in [0.5, 0.6) is 5.75 Å². The molecule has 3 aromatic carbocycles. The van der Waals surface area contributed by atoms with Gasteiger partial charge in [-0.25, -0.2) is 13.8 Å². The molecule has 1 N–H and O–H groups in total. The van der Waals surface area contributed by atoms with Crippen LogP contribution in [0.2, 0.25) is 0 Å². The number of halogens is 1. The fourth-order valence-corrected chi connectivity index (χ4v) is 6.17. The molecule has 0 atom stereocenters. The van der Waals surface area contributed by atoms with Gasteiger partial charge in [-0.3, -0.25) is 9.10 Å². The minimum Gasteiger partial charge on any atom is -0.494 e. The summed E-state index contributed by atoms with van der Waals surface area (Å²) >= 11 is 3.60. The van der Waals surface area contributed by atoms with Gasteiger partial charge in [-0.1, -0.05) is 29.8 Å². The molecule has 0 fully saturated rings. The van der Waals surface area contributed by atoms with Crippen molar-refractivity contribution in [3.8, 4) is 11.4 Å². The number of rotatable bonds is 10. The highest BCUT2D eigenvalue weighted by atomic mass is 79.9. The van der Waals surface area contributed by atoms with E-state index in [0.29, 0.717) is 18.0 Å². The van der Waals surface area contributed by atoms with Gasteiger partial charge >= 0.3 is 0 Å². The third kappa shape index (κ3) is 6.46. The molecular formula is C30H31BrN4O4S. The number of aryl methyl sites for hydroxylation is 2. The first kappa shape index (κ1) is 29.1. The largest absolute Gasteiger partial charge is 0.494 e. The minimum absolute atomic E-state index is 0.0859. The van der Waals surface area contributed by atoms with Crippen LogP contribution in [0.15, 0.2) is 93.3 Å². The Hall–Kier alpha value is -3.89. The highest BCUT2D eigenvalue weighted by Crippen LogP contribution is 2.27. The van der Waals surface area contributed by atoms with Crippen LogP contribution in [0.4, 0.5) is 5.69 Å². The first-order valence-electron chi connectivity index (χ1n) is 12.7. The average Bonchev–Trinajstić information content (AvgIpc) is 3.21. The van der Waals surface area contributed by atoms with Crippen LogP contribution in [0.25, 0.3) is 5.69 Å². The Bertz CT molecular complexity index is 1630. The molecule has 1 heterocycles. The second-order valence-electron chi connectivity index (χ2n) is 9.16. The number of nitrogens with zero attached hydrogens (tertiary/aromatic N) is 3. The topological polar surface area (TPSA) is 93.0 Å². The number of hydrogen-bond donors (Lipinski definition) is 1. The molecule has 0 spiro atoms. The zero-order valence-electron chi connectivity index (χ0n) is 22.8. The Morgan fingerprint density at radius 1 is 1.02 bits per heavy atom. The first-order valence-corrected chi connectivity index (χ1v) is 14.9. The van der Waals surface area contributed by atoms with E-state index in [1.807, 2.05) is 58.0 Å². The quantitative estimate of drug-likeness (QED) is 0.176. The molecule has 208 valence electrons. The molecule has 1 aromatic heterocycles. The molecule has 1 amide bonds. The summed E-state index contributed by atoms with van der Waals surface area (Å²) in [7, 11) is -4.04. The molecule has 0 bridgehead atoms. The van der Waals surface area contributed by atoms with Crippen LogP contribution in [0, 0.1) is 20.8 Å². The molecule has 0 saturated heterocycles. The number of hydrogen-bond acceptors (Lipinski definition) is 5. The summed E-state index contributed by atoms with van der Waals surface area (Å²) in [5, 5.41) is 4.13. The van der Waals surface area contributed by atoms with Gasteiger partial charge in [0.15, 0.2) is 0 Å². The SMILES string of the molecule is CCOc1ccc(N(CC(=O)N/N=C\c2cc(C)n(-c3ccccc3Br)c2C)S(=O)(=O)c2ccc(C)cc2)cc1. The Morgan fingerprint density at radius 2 is 1.70 bits per heavy atom. The van der Waals surface area contributed by atoms with Gasteiger partial charge in [0.2, 0.25) is 0 Å². The minimum atomic E-state index is -4.04. The monoisotopic (exact) mass is 622 g/mol. The standard InChI is InChI=1S/C30H31BrN4O4S/c1-5-39-26-14-12-25(13-15-26)34(40(37,38)27-16-10-21(2)11-17-27)20-30(36)33-32-19-24-18-22(3)35(23(24)4)29-9-7-6-8-28(29)31/h6-19H,5,20H2,1-4H3,(H,33,36)/b32-19-. The van der Waals surface area contributed by atoms with Gasteiger partial charge < -0.3 is 9.30 Å². The number of hydrazone groups is 1. The van der Waals surface area contributed by atoms with Crippen LogP contribution >= 0.6 is 15.9 Å². The van der Waals surface area contributed by atoms with Crippen LogP contribution in [0.1, 0.15) is 29.4 Å². The number of aromatic nitrogens is 1. The lowest BCUT2D eigenvalue weighted by molar-refractivity contribution is -0.119. The van der Waals surface area contributed by atoms with Gasteiger partial charge in [-0.2, -0.15) is 5.10 Å². The lowest BCUT2D eigenvalue weighted by Crippen LogP contribution is -2.39. The Morgan fingerprint density at radius 3 is 2.35 bits per heavy atom. The van der Waals surface area contributed by atoms with Crippen molar-refractivity contribution < 1.29 is 17.9 Å². The third-order valence-electron chi connectivity index (χ3n) is 6.29. The van der Waals surface area contributed by atoms with E-state index < -0.39 is 22.5 Å².